The quantitative estimate of drug-likeness (QED) is 0.345. The molecule has 2 atom stereocenters. The van der Waals surface area contributed by atoms with Crippen molar-refractivity contribution in [3.05, 3.63) is 47.3 Å². The predicted molar refractivity (Wildman–Crippen MR) is 121 cm³/mol. The van der Waals surface area contributed by atoms with Crippen molar-refractivity contribution in [1.82, 2.24) is 25.1 Å². The van der Waals surface area contributed by atoms with Crippen LogP contribution in [0.15, 0.2) is 30.1 Å². The molecule has 8 heteroatoms. The summed E-state index contributed by atoms with van der Waals surface area (Å²) in [5.74, 6) is 0.597. The average molecular weight is 431 g/mol. The summed E-state index contributed by atoms with van der Waals surface area (Å²) >= 11 is 0. The van der Waals surface area contributed by atoms with Gasteiger partial charge in [0.1, 0.15) is 17.2 Å². The monoisotopic (exact) mass is 430 g/mol. The molecular weight excluding hydrogens is 395 g/mol. The van der Waals surface area contributed by atoms with Crippen LogP contribution < -0.4 is 5.32 Å². The van der Waals surface area contributed by atoms with Crippen LogP contribution in [0.1, 0.15) is 94.3 Å². The molecular formula is C23H35FN6O. The van der Waals surface area contributed by atoms with Gasteiger partial charge in [0, 0.05) is 24.9 Å². The second-order valence-electron chi connectivity index (χ2n) is 8.85. The van der Waals surface area contributed by atoms with Crippen molar-refractivity contribution in [2.75, 3.05) is 0 Å². The van der Waals surface area contributed by atoms with Crippen molar-refractivity contribution in [2.24, 2.45) is 7.05 Å². The van der Waals surface area contributed by atoms with Gasteiger partial charge in [0.15, 0.2) is 0 Å². The summed E-state index contributed by atoms with van der Waals surface area (Å²) < 4.78 is 15.4. The molecule has 2 aromatic heterocycles. The molecule has 2 unspecified atom stereocenters. The molecule has 7 nitrogen and oxygen atoms in total. The highest BCUT2D eigenvalue weighted by molar-refractivity contribution is 5.92. The Labute approximate surface area is 184 Å². The van der Waals surface area contributed by atoms with Crippen molar-refractivity contribution in [2.45, 2.75) is 77.9 Å². The van der Waals surface area contributed by atoms with E-state index in [1.165, 1.54) is 4.68 Å². The number of nitrogens with one attached hydrogen (secondary N) is 3. The van der Waals surface area contributed by atoms with Crippen molar-refractivity contribution in [3.63, 3.8) is 0 Å². The van der Waals surface area contributed by atoms with Crippen LogP contribution in [0, 0.1) is 5.41 Å². The first-order valence-electron chi connectivity index (χ1n) is 10.7. The molecule has 0 aromatic carbocycles. The summed E-state index contributed by atoms with van der Waals surface area (Å²) in [6, 6.07) is 1.40. The van der Waals surface area contributed by atoms with Crippen molar-refractivity contribution in [1.29, 1.82) is 5.41 Å². The van der Waals surface area contributed by atoms with E-state index in [9.17, 15) is 9.18 Å². The highest BCUT2D eigenvalue weighted by Gasteiger charge is 2.22. The summed E-state index contributed by atoms with van der Waals surface area (Å²) in [7, 11) is 1.73. The standard InChI is InChI=1S/C23H35FN6O/c1-15(13-16(2)25)17(3)21-26-14-19(28-21)18(9-7-8-11-23(4,5)24)29-22(31)20-10-12-27-30(20)6/h10,12-14,17-18,25H,7-9,11H2,1-6H3,(H,26,28)(H,29,31)/b15-13-,25-16?. The van der Waals surface area contributed by atoms with E-state index in [4.69, 9.17) is 5.41 Å². The van der Waals surface area contributed by atoms with Crippen LogP contribution in [-0.2, 0) is 7.05 Å². The van der Waals surface area contributed by atoms with Gasteiger partial charge >= 0.3 is 0 Å². The Morgan fingerprint density at radius 2 is 2.10 bits per heavy atom. The molecule has 0 aliphatic carbocycles. The molecule has 0 aliphatic heterocycles. The van der Waals surface area contributed by atoms with Crippen LogP contribution >= 0.6 is 0 Å². The fourth-order valence-corrected chi connectivity index (χ4v) is 3.46. The molecule has 2 heterocycles. The summed E-state index contributed by atoms with van der Waals surface area (Å²) in [5, 5.41) is 14.8. The van der Waals surface area contributed by atoms with Gasteiger partial charge in [-0.25, -0.2) is 9.37 Å². The Kier molecular flexibility index (Phi) is 8.30. The number of hydrogen-bond donors (Lipinski definition) is 3. The van der Waals surface area contributed by atoms with Gasteiger partial charge in [-0.2, -0.15) is 5.10 Å². The molecule has 0 fully saturated rings. The van der Waals surface area contributed by atoms with Gasteiger partial charge in [-0.1, -0.05) is 25.3 Å². The lowest BCUT2D eigenvalue weighted by Crippen LogP contribution is -2.30. The van der Waals surface area contributed by atoms with E-state index in [1.807, 2.05) is 19.9 Å². The van der Waals surface area contributed by atoms with Gasteiger partial charge in [-0.05, 0) is 52.7 Å². The highest BCUT2D eigenvalue weighted by Crippen LogP contribution is 2.26. The Morgan fingerprint density at radius 3 is 2.68 bits per heavy atom. The van der Waals surface area contributed by atoms with E-state index in [2.05, 4.69) is 20.4 Å². The first-order valence-corrected chi connectivity index (χ1v) is 10.7. The topological polar surface area (TPSA) is 99.4 Å². The van der Waals surface area contributed by atoms with Gasteiger partial charge in [0.2, 0.25) is 0 Å². The van der Waals surface area contributed by atoms with E-state index in [-0.39, 0.29) is 17.9 Å². The third-order valence-corrected chi connectivity index (χ3v) is 5.40. The van der Waals surface area contributed by atoms with Gasteiger partial charge in [0.05, 0.1) is 17.9 Å². The Bertz CT molecular complexity index is 921. The summed E-state index contributed by atoms with van der Waals surface area (Å²) in [6.45, 7) is 8.92. The fraction of sp³-hybridized carbons (Fsp3) is 0.565. The number of nitrogens with zero attached hydrogens (tertiary/aromatic N) is 3. The van der Waals surface area contributed by atoms with Crippen molar-refractivity contribution < 1.29 is 9.18 Å². The molecule has 1 amide bonds. The zero-order valence-electron chi connectivity index (χ0n) is 19.4. The third-order valence-electron chi connectivity index (χ3n) is 5.40. The molecule has 2 rings (SSSR count). The Balaban J connectivity index is 2.17. The van der Waals surface area contributed by atoms with Crippen LogP contribution in [0.25, 0.3) is 0 Å². The van der Waals surface area contributed by atoms with Crippen LogP contribution in [0.5, 0.6) is 0 Å². The van der Waals surface area contributed by atoms with Gasteiger partial charge < -0.3 is 15.7 Å². The smallest absolute Gasteiger partial charge is 0.270 e. The summed E-state index contributed by atoms with van der Waals surface area (Å²) in [6.07, 6.45) is 7.83. The molecule has 0 spiro atoms. The molecule has 3 N–H and O–H groups in total. The maximum absolute atomic E-state index is 13.8. The van der Waals surface area contributed by atoms with E-state index in [0.717, 1.165) is 29.9 Å². The number of rotatable bonds is 11. The zero-order chi connectivity index (χ0) is 23.2. The molecule has 0 bridgehead atoms. The minimum absolute atomic E-state index is 0.0230. The molecule has 31 heavy (non-hydrogen) atoms. The number of H-pyrrole nitrogens is 1. The Morgan fingerprint density at radius 1 is 1.39 bits per heavy atom. The lowest BCUT2D eigenvalue weighted by Gasteiger charge is -2.19. The highest BCUT2D eigenvalue weighted by atomic mass is 19.1. The lowest BCUT2D eigenvalue weighted by atomic mass is 9.99. The summed E-state index contributed by atoms with van der Waals surface area (Å²) in [4.78, 5) is 20.7. The number of unbranched alkanes of at least 4 members (excludes halogenated alkanes) is 1. The lowest BCUT2D eigenvalue weighted by molar-refractivity contribution is 0.0922. The average Bonchev–Trinajstić information content (AvgIpc) is 3.31. The predicted octanol–water partition coefficient (Wildman–Crippen LogP) is 5.01. The first kappa shape index (κ1) is 24.5. The van der Waals surface area contributed by atoms with E-state index >= 15 is 0 Å². The number of hydrogen-bond acceptors (Lipinski definition) is 4. The van der Waals surface area contributed by atoms with Crippen molar-refractivity contribution in [3.8, 4) is 0 Å². The number of aromatic amines is 1. The van der Waals surface area contributed by atoms with Crippen molar-refractivity contribution >= 4 is 11.6 Å². The number of alkyl halides is 1. The fourth-order valence-electron chi connectivity index (χ4n) is 3.46. The number of carbonyl (C=O) groups excluding carboxylic acids is 1. The van der Waals surface area contributed by atoms with E-state index < -0.39 is 5.67 Å². The number of aromatic nitrogens is 4. The maximum Gasteiger partial charge on any atom is 0.270 e. The van der Waals surface area contributed by atoms with E-state index in [1.54, 1.807) is 46.3 Å². The molecule has 0 saturated carbocycles. The Hall–Kier alpha value is -2.77. The number of halogens is 1. The largest absolute Gasteiger partial charge is 0.344 e. The van der Waals surface area contributed by atoms with Gasteiger partial charge in [-0.15, -0.1) is 0 Å². The van der Waals surface area contributed by atoms with Gasteiger partial charge in [0.25, 0.3) is 5.91 Å². The van der Waals surface area contributed by atoms with Crippen LogP contribution in [-0.4, -0.2) is 37.0 Å². The third kappa shape index (κ3) is 7.45. The van der Waals surface area contributed by atoms with E-state index in [0.29, 0.717) is 24.2 Å². The second kappa shape index (κ2) is 10.5. The number of carbonyl (C=O) groups is 1. The summed E-state index contributed by atoms with van der Waals surface area (Å²) in [5.41, 5.74) is 1.63. The minimum Gasteiger partial charge on any atom is -0.344 e. The van der Waals surface area contributed by atoms with Crippen LogP contribution in [0.2, 0.25) is 0 Å². The normalized spacial score (nSPS) is 14.4. The SMILES string of the molecule is CC(=N)/C=C(/C)C(C)c1ncc(C(CCCCC(C)(C)F)NC(=O)c2ccnn2C)[nH]1. The molecule has 0 radical (unpaired) electrons. The molecule has 2 aromatic rings. The number of allylic oxidation sites excluding steroid dienone is 2. The zero-order valence-corrected chi connectivity index (χ0v) is 19.4. The van der Waals surface area contributed by atoms with Crippen LogP contribution in [0.3, 0.4) is 0 Å². The minimum atomic E-state index is -1.19. The molecule has 170 valence electrons. The number of amides is 1. The first-order chi connectivity index (χ1) is 14.5. The van der Waals surface area contributed by atoms with Gasteiger partial charge in [-0.3, -0.25) is 9.48 Å². The number of imidazole rings is 1. The molecule has 0 saturated heterocycles. The van der Waals surface area contributed by atoms with Crippen LogP contribution in [0.4, 0.5) is 4.39 Å². The molecule has 0 aliphatic rings. The maximum atomic E-state index is 13.8. The second-order valence-corrected chi connectivity index (χ2v) is 8.85. The number of aryl methyl sites for hydroxylation is 1.